The smallest absolute Gasteiger partial charge is 0.338 e. The Kier molecular flexibility index (Phi) is 5.52. The molecule has 1 aromatic carbocycles. The second-order valence-electron chi connectivity index (χ2n) is 3.86. The van der Waals surface area contributed by atoms with E-state index < -0.39 is 24.0 Å². The summed E-state index contributed by atoms with van der Waals surface area (Å²) in [6.45, 7) is 3.48. The molecule has 20 heavy (non-hydrogen) atoms. The van der Waals surface area contributed by atoms with Gasteiger partial charge in [-0.15, -0.1) is 0 Å². The Morgan fingerprint density at radius 3 is 2.35 bits per heavy atom. The largest absolute Gasteiger partial charge is 0.481 e. The van der Waals surface area contributed by atoms with Crippen LogP contribution in [-0.2, 0) is 9.53 Å². The van der Waals surface area contributed by atoms with Crippen LogP contribution in [0.3, 0.4) is 0 Å². The van der Waals surface area contributed by atoms with Crippen LogP contribution >= 0.6 is 0 Å². The third-order valence-corrected chi connectivity index (χ3v) is 2.29. The normalized spacial score (nSPS) is 11.3. The van der Waals surface area contributed by atoms with Crippen molar-refractivity contribution in [1.82, 2.24) is 5.32 Å². The highest BCUT2D eigenvalue weighted by Gasteiger charge is 2.16. The Morgan fingerprint density at radius 2 is 1.85 bits per heavy atom. The Bertz CT molecular complexity index is 498. The summed E-state index contributed by atoms with van der Waals surface area (Å²) in [4.78, 5) is 33.4. The van der Waals surface area contributed by atoms with Crippen molar-refractivity contribution in [2.45, 2.75) is 20.0 Å². The van der Waals surface area contributed by atoms with Gasteiger partial charge in [-0.05, 0) is 38.1 Å². The number of esters is 1. The average Bonchev–Trinajstić information content (AvgIpc) is 2.39. The zero-order chi connectivity index (χ0) is 15.1. The predicted molar refractivity (Wildman–Crippen MR) is 70.2 cm³/mol. The summed E-state index contributed by atoms with van der Waals surface area (Å²) >= 11 is 0. The van der Waals surface area contributed by atoms with Gasteiger partial charge in [0, 0.05) is 0 Å². The molecule has 0 spiro atoms. The fraction of sp³-hybridized carbons (Fsp3) is 0.308. The van der Waals surface area contributed by atoms with E-state index in [1.165, 1.54) is 31.2 Å². The first-order valence-electron chi connectivity index (χ1n) is 5.98. The van der Waals surface area contributed by atoms with Crippen molar-refractivity contribution >= 4 is 17.9 Å². The van der Waals surface area contributed by atoms with E-state index in [-0.39, 0.29) is 0 Å². The van der Waals surface area contributed by atoms with E-state index in [1.807, 2.05) is 5.32 Å². The Balaban J connectivity index is 2.63. The topological polar surface area (TPSA) is 108 Å². The van der Waals surface area contributed by atoms with Gasteiger partial charge in [-0.3, -0.25) is 10.1 Å². The van der Waals surface area contributed by atoms with Crippen molar-refractivity contribution in [3.05, 3.63) is 29.8 Å². The highest BCUT2D eigenvalue weighted by atomic mass is 16.5. The minimum atomic E-state index is -0.942. The fourth-order valence-electron chi connectivity index (χ4n) is 1.36. The van der Waals surface area contributed by atoms with Crippen LogP contribution < -0.4 is 15.8 Å². The van der Waals surface area contributed by atoms with Gasteiger partial charge in [0.25, 0.3) is 5.91 Å². The highest BCUT2D eigenvalue weighted by Crippen LogP contribution is 2.14. The van der Waals surface area contributed by atoms with Gasteiger partial charge >= 0.3 is 12.0 Å². The van der Waals surface area contributed by atoms with Crippen LogP contribution in [0.4, 0.5) is 4.79 Å². The van der Waals surface area contributed by atoms with Crippen LogP contribution in [0, 0.1) is 0 Å². The fourth-order valence-corrected chi connectivity index (χ4v) is 1.36. The number of imide groups is 1. The second-order valence-corrected chi connectivity index (χ2v) is 3.86. The molecule has 0 radical (unpaired) electrons. The third kappa shape index (κ3) is 4.60. The number of ether oxygens (including phenoxy) is 2. The van der Waals surface area contributed by atoms with E-state index in [0.717, 1.165) is 0 Å². The maximum absolute atomic E-state index is 11.4. The van der Waals surface area contributed by atoms with Gasteiger partial charge in [0.05, 0.1) is 12.2 Å². The van der Waals surface area contributed by atoms with E-state index in [9.17, 15) is 14.4 Å². The number of amides is 3. The third-order valence-electron chi connectivity index (χ3n) is 2.29. The molecule has 1 atom stereocenters. The van der Waals surface area contributed by atoms with Gasteiger partial charge in [0.2, 0.25) is 0 Å². The van der Waals surface area contributed by atoms with Gasteiger partial charge in [0.1, 0.15) is 5.75 Å². The minimum Gasteiger partial charge on any atom is -0.481 e. The van der Waals surface area contributed by atoms with Crippen LogP contribution in [-0.4, -0.2) is 30.6 Å². The number of rotatable bonds is 5. The molecular weight excluding hydrogens is 264 g/mol. The molecule has 1 unspecified atom stereocenters. The van der Waals surface area contributed by atoms with E-state index in [1.54, 1.807) is 6.92 Å². The zero-order valence-corrected chi connectivity index (χ0v) is 11.2. The molecule has 0 heterocycles. The molecule has 7 nitrogen and oxygen atoms in total. The van der Waals surface area contributed by atoms with Gasteiger partial charge in [0.15, 0.2) is 6.10 Å². The highest BCUT2D eigenvalue weighted by molar-refractivity contribution is 5.95. The number of urea groups is 1. The molecule has 7 heteroatoms. The number of primary amides is 1. The lowest BCUT2D eigenvalue weighted by atomic mass is 10.2. The van der Waals surface area contributed by atoms with Crippen molar-refractivity contribution in [2.75, 3.05) is 6.61 Å². The molecule has 0 aliphatic heterocycles. The summed E-state index contributed by atoms with van der Waals surface area (Å²) in [6, 6.07) is 5.15. The summed E-state index contributed by atoms with van der Waals surface area (Å²) in [5, 5.41) is 1.91. The summed E-state index contributed by atoms with van der Waals surface area (Å²) in [5.41, 5.74) is 5.21. The van der Waals surface area contributed by atoms with Crippen molar-refractivity contribution in [2.24, 2.45) is 5.73 Å². The van der Waals surface area contributed by atoms with Crippen molar-refractivity contribution < 1.29 is 23.9 Å². The lowest BCUT2D eigenvalue weighted by Crippen LogP contribution is -2.42. The van der Waals surface area contributed by atoms with Crippen molar-refractivity contribution in [3.8, 4) is 5.75 Å². The maximum atomic E-state index is 11.4. The van der Waals surface area contributed by atoms with Crippen LogP contribution in [0.25, 0.3) is 0 Å². The monoisotopic (exact) mass is 280 g/mol. The van der Waals surface area contributed by atoms with Crippen molar-refractivity contribution in [3.63, 3.8) is 0 Å². The summed E-state index contributed by atoms with van der Waals surface area (Å²) in [6.07, 6.45) is -0.893. The molecule has 0 saturated heterocycles. The van der Waals surface area contributed by atoms with Crippen molar-refractivity contribution in [1.29, 1.82) is 0 Å². The van der Waals surface area contributed by atoms with Crippen LogP contribution in [0.5, 0.6) is 5.75 Å². The number of nitrogens with one attached hydrogen (secondary N) is 1. The number of hydrogen-bond donors (Lipinski definition) is 2. The van der Waals surface area contributed by atoms with E-state index in [2.05, 4.69) is 0 Å². The average molecular weight is 280 g/mol. The molecule has 3 N–H and O–H groups in total. The second kappa shape index (κ2) is 7.13. The van der Waals surface area contributed by atoms with Crippen LogP contribution in [0.2, 0.25) is 0 Å². The number of carbonyl (C=O) groups excluding carboxylic acids is 3. The molecule has 0 saturated carbocycles. The lowest BCUT2D eigenvalue weighted by Gasteiger charge is -2.13. The SMILES string of the molecule is CCOC(=O)c1ccc(OC(C)C(=O)NC(N)=O)cc1. The maximum Gasteiger partial charge on any atom is 0.338 e. The van der Waals surface area contributed by atoms with E-state index in [0.29, 0.717) is 17.9 Å². The van der Waals surface area contributed by atoms with Gasteiger partial charge in [-0.1, -0.05) is 0 Å². The Hall–Kier alpha value is -2.57. The first-order valence-corrected chi connectivity index (χ1v) is 5.98. The molecule has 1 rings (SSSR count). The molecular formula is C13H16N2O5. The van der Waals surface area contributed by atoms with Gasteiger partial charge in [-0.2, -0.15) is 0 Å². The summed E-state index contributed by atoms with van der Waals surface area (Å²) in [7, 11) is 0. The van der Waals surface area contributed by atoms with Gasteiger partial charge < -0.3 is 15.2 Å². The van der Waals surface area contributed by atoms with E-state index >= 15 is 0 Å². The first kappa shape index (κ1) is 15.5. The molecule has 0 fully saturated rings. The van der Waals surface area contributed by atoms with Crippen LogP contribution in [0.15, 0.2) is 24.3 Å². The number of carbonyl (C=O) groups is 3. The summed E-state index contributed by atoms with van der Waals surface area (Å²) in [5.74, 6) is -0.698. The van der Waals surface area contributed by atoms with Crippen LogP contribution in [0.1, 0.15) is 24.2 Å². The number of benzene rings is 1. The Morgan fingerprint density at radius 1 is 1.25 bits per heavy atom. The quantitative estimate of drug-likeness (QED) is 0.776. The Labute approximate surface area is 116 Å². The molecule has 0 aliphatic rings. The minimum absolute atomic E-state index is 0.293. The molecule has 0 aromatic heterocycles. The zero-order valence-electron chi connectivity index (χ0n) is 11.2. The molecule has 108 valence electrons. The summed E-state index contributed by atoms with van der Waals surface area (Å²) < 4.78 is 10.1. The lowest BCUT2D eigenvalue weighted by molar-refractivity contribution is -0.126. The molecule has 0 bridgehead atoms. The molecule has 0 aliphatic carbocycles. The van der Waals surface area contributed by atoms with Gasteiger partial charge in [-0.25, -0.2) is 9.59 Å². The molecule has 3 amide bonds. The predicted octanol–water partition coefficient (Wildman–Crippen LogP) is 0.825. The number of hydrogen-bond acceptors (Lipinski definition) is 5. The first-order chi connectivity index (χ1) is 9.43. The standard InChI is InChI=1S/C13H16N2O5/c1-3-19-12(17)9-4-6-10(7-5-9)20-8(2)11(16)15-13(14)18/h4-8H,3H2,1-2H3,(H3,14,15,16,18). The van der Waals surface area contributed by atoms with E-state index in [4.69, 9.17) is 15.2 Å². The number of nitrogens with two attached hydrogens (primary N) is 1. The molecule has 1 aromatic rings.